The van der Waals surface area contributed by atoms with Gasteiger partial charge >= 0.3 is 13.2 Å². The van der Waals surface area contributed by atoms with E-state index in [1.54, 1.807) is 6.08 Å². The third-order valence-corrected chi connectivity index (χ3v) is 5.23. The van der Waals surface area contributed by atoms with Crippen molar-refractivity contribution in [3.8, 4) is 0 Å². The Morgan fingerprint density at radius 2 is 1.87 bits per heavy atom. The molecule has 3 rings (SSSR count). The van der Waals surface area contributed by atoms with Crippen LogP contribution in [0.3, 0.4) is 0 Å². The number of ether oxygens (including phenoxy) is 1. The summed E-state index contributed by atoms with van der Waals surface area (Å²) in [4.78, 5) is 30.1. The molecule has 0 radical (unpaired) electrons. The molecule has 2 aromatic rings. The first kappa shape index (κ1) is 21.8. The van der Waals surface area contributed by atoms with Gasteiger partial charge in [-0.05, 0) is 44.8 Å². The Morgan fingerprint density at radius 1 is 1.20 bits per heavy atom. The molecule has 0 bridgehead atoms. The number of aromatic nitrogens is 2. The first-order valence-electron chi connectivity index (χ1n) is 9.72. The van der Waals surface area contributed by atoms with E-state index in [1.165, 1.54) is 12.4 Å². The number of benzene rings is 1. The van der Waals surface area contributed by atoms with Crippen molar-refractivity contribution in [3.63, 3.8) is 0 Å². The lowest BCUT2D eigenvalue weighted by atomic mass is 9.77. The number of carbonyl (C=O) groups is 1. The second-order valence-corrected chi connectivity index (χ2v) is 8.06. The van der Waals surface area contributed by atoms with Crippen molar-refractivity contribution in [2.45, 2.75) is 45.5 Å². The van der Waals surface area contributed by atoms with Crippen molar-refractivity contribution in [2.24, 2.45) is 0 Å². The Morgan fingerprint density at radius 3 is 2.47 bits per heavy atom. The summed E-state index contributed by atoms with van der Waals surface area (Å²) in [7, 11) is -0.682. The van der Waals surface area contributed by atoms with Crippen molar-refractivity contribution in [1.29, 1.82) is 0 Å². The Bertz CT molecular complexity index is 936. The first-order valence-corrected chi connectivity index (χ1v) is 9.72. The van der Waals surface area contributed by atoms with Gasteiger partial charge in [-0.2, -0.15) is 0 Å². The summed E-state index contributed by atoms with van der Waals surface area (Å²) in [5.74, 6) is 0. The molecule has 1 aliphatic rings. The topological polar surface area (TPSA) is 103 Å². The molecule has 0 unspecified atom stereocenters. The number of rotatable bonds is 6. The van der Waals surface area contributed by atoms with Crippen LogP contribution in [0.25, 0.3) is 6.08 Å². The molecule has 0 atom stereocenters. The summed E-state index contributed by atoms with van der Waals surface area (Å²) in [6.45, 7) is 8.10. The molecule has 0 saturated carbocycles. The number of nitrogens with one attached hydrogen (secondary N) is 2. The van der Waals surface area contributed by atoms with Crippen LogP contribution in [0.1, 0.15) is 39.0 Å². The number of carbonyl (C=O) groups excluding carboxylic acids is 1. The van der Waals surface area contributed by atoms with Crippen molar-refractivity contribution in [2.75, 3.05) is 6.54 Å². The molecule has 158 valence electrons. The van der Waals surface area contributed by atoms with Gasteiger partial charge in [0.2, 0.25) is 0 Å². The standard InChI is InChI=1S/C21H26BN3O5/c1-20(2)21(3,4)30-22(29-20)16(10-17-12-24-18(26)13-23-17)11-25-19(27)28-14-15-8-6-5-7-9-15/h5-10,12-13H,11,14H2,1-4H3,(H,24,26)(H,25,27). The molecule has 1 fully saturated rings. The highest BCUT2D eigenvalue weighted by Gasteiger charge is 2.52. The lowest BCUT2D eigenvalue weighted by Crippen LogP contribution is -2.41. The maximum Gasteiger partial charge on any atom is 0.492 e. The molecular formula is C21H26BN3O5. The third-order valence-electron chi connectivity index (χ3n) is 5.23. The van der Waals surface area contributed by atoms with Gasteiger partial charge in [-0.3, -0.25) is 4.79 Å². The third kappa shape index (κ3) is 5.37. The van der Waals surface area contributed by atoms with E-state index in [2.05, 4.69) is 15.3 Å². The number of alkyl carbamates (subject to hydrolysis) is 1. The van der Waals surface area contributed by atoms with Crippen molar-refractivity contribution in [3.05, 3.63) is 69.8 Å². The van der Waals surface area contributed by atoms with Gasteiger partial charge in [-0.25, -0.2) is 9.78 Å². The fourth-order valence-corrected chi connectivity index (χ4v) is 2.77. The Labute approximate surface area is 175 Å². The highest BCUT2D eigenvalue weighted by molar-refractivity contribution is 6.56. The highest BCUT2D eigenvalue weighted by atomic mass is 16.7. The Balaban J connectivity index is 1.71. The molecule has 1 aromatic heterocycles. The smallest absolute Gasteiger partial charge is 0.445 e. The van der Waals surface area contributed by atoms with Gasteiger partial charge in [0.15, 0.2) is 0 Å². The molecule has 1 aromatic carbocycles. The molecule has 0 aliphatic carbocycles. The van der Waals surface area contributed by atoms with E-state index in [-0.39, 0.29) is 18.7 Å². The SMILES string of the molecule is CC1(C)OB(C(=Cc2c[nH]c(=O)cn2)CNC(=O)OCc2ccccc2)OC1(C)C. The van der Waals surface area contributed by atoms with Gasteiger partial charge in [0.25, 0.3) is 5.56 Å². The molecule has 1 aliphatic heterocycles. The van der Waals surface area contributed by atoms with Crippen molar-refractivity contribution >= 4 is 19.3 Å². The Hall–Kier alpha value is -2.91. The minimum Gasteiger partial charge on any atom is -0.445 e. The second-order valence-electron chi connectivity index (χ2n) is 8.06. The van der Waals surface area contributed by atoms with Crippen LogP contribution in [-0.4, -0.2) is 40.9 Å². The number of amides is 1. The molecule has 30 heavy (non-hydrogen) atoms. The monoisotopic (exact) mass is 411 g/mol. The van der Waals surface area contributed by atoms with Crippen LogP contribution in [0.2, 0.25) is 0 Å². The van der Waals surface area contributed by atoms with Crippen LogP contribution in [0.15, 0.2) is 53.0 Å². The number of aromatic amines is 1. The van der Waals surface area contributed by atoms with Crippen LogP contribution >= 0.6 is 0 Å². The van der Waals surface area contributed by atoms with E-state index in [9.17, 15) is 9.59 Å². The Kier molecular flexibility index (Phi) is 6.43. The largest absolute Gasteiger partial charge is 0.492 e. The summed E-state index contributed by atoms with van der Waals surface area (Å²) in [6, 6.07) is 9.42. The molecule has 1 amide bonds. The first-order chi connectivity index (χ1) is 14.2. The number of hydrogen-bond donors (Lipinski definition) is 2. The maximum atomic E-state index is 12.2. The quantitative estimate of drug-likeness (QED) is 0.709. The van der Waals surface area contributed by atoms with E-state index in [0.717, 1.165) is 5.56 Å². The van der Waals surface area contributed by atoms with Crippen molar-refractivity contribution < 1.29 is 18.8 Å². The molecule has 2 N–H and O–H groups in total. The van der Waals surface area contributed by atoms with E-state index in [4.69, 9.17) is 14.0 Å². The fourth-order valence-electron chi connectivity index (χ4n) is 2.77. The summed E-state index contributed by atoms with van der Waals surface area (Å²) in [5, 5.41) is 2.73. The van der Waals surface area contributed by atoms with Gasteiger partial charge in [-0.1, -0.05) is 30.3 Å². The number of H-pyrrole nitrogens is 1. The maximum absolute atomic E-state index is 12.2. The van der Waals surface area contributed by atoms with Crippen molar-refractivity contribution in [1.82, 2.24) is 15.3 Å². The van der Waals surface area contributed by atoms with Gasteiger partial charge < -0.3 is 24.3 Å². The van der Waals surface area contributed by atoms with Gasteiger partial charge in [0, 0.05) is 12.7 Å². The van der Waals surface area contributed by atoms with Gasteiger partial charge in [0.05, 0.1) is 23.1 Å². The summed E-state index contributed by atoms with van der Waals surface area (Å²) in [5.41, 5.74) is 0.675. The minimum atomic E-state index is -0.682. The summed E-state index contributed by atoms with van der Waals surface area (Å²) >= 11 is 0. The zero-order valence-electron chi connectivity index (χ0n) is 17.6. The molecule has 2 heterocycles. The van der Waals surface area contributed by atoms with Crippen LogP contribution in [0.4, 0.5) is 4.79 Å². The summed E-state index contributed by atoms with van der Waals surface area (Å²) in [6.07, 6.45) is 3.84. The normalized spacial score (nSPS) is 17.6. The lowest BCUT2D eigenvalue weighted by molar-refractivity contribution is 0.00578. The zero-order valence-corrected chi connectivity index (χ0v) is 17.6. The highest BCUT2D eigenvalue weighted by Crippen LogP contribution is 2.38. The average molecular weight is 411 g/mol. The summed E-state index contributed by atoms with van der Waals surface area (Å²) < 4.78 is 17.5. The van der Waals surface area contributed by atoms with Crippen LogP contribution < -0.4 is 10.9 Å². The molecule has 0 spiro atoms. The molecule has 8 nitrogen and oxygen atoms in total. The minimum absolute atomic E-state index is 0.130. The molecular weight excluding hydrogens is 385 g/mol. The molecule has 1 saturated heterocycles. The van der Waals surface area contributed by atoms with Gasteiger partial charge in [-0.15, -0.1) is 0 Å². The second kappa shape index (κ2) is 8.85. The van der Waals surface area contributed by atoms with Crippen LogP contribution in [-0.2, 0) is 20.7 Å². The van der Waals surface area contributed by atoms with E-state index in [1.807, 2.05) is 58.0 Å². The predicted octanol–water partition coefficient (Wildman–Crippen LogP) is 2.71. The predicted molar refractivity (Wildman–Crippen MR) is 114 cm³/mol. The lowest BCUT2D eigenvalue weighted by Gasteiger charge is -2.32. The average Bonchev–Trinajstić information content (AvgIpc) is 2.93. The fraction of sp³-hybridized carbons (Fsp3) is 0.381. The van der Waals surface area contributed by atoms with Crippen LogP contribution in [0.5, 0.6) is 0 Å². The number of nitrogens with zero attached hydrogens (tertiary/aromatic N) is 1. The zero-order chi connectivity index (χ0) is 21.8. The van der Waals surface area contributed by atoms with E-state index < -0.39 is 24.4 Å². The van der Waals surface area contributed by atoms with Crippen LogP contribution in [0, 0.1) is 0 Å². The molecule has 9 heteroatoms. The van der Waals surface area contributed by atoms with E-state index in [0.29, 0.717) is 11.2 Å². The number of hydrogen-bond acceptors (Lipinski definition) is 6. The van der Waals surface area contributed by atoms with Gasteiger partial charge in [0.1, 0.15) is 6.61 Å². The van der Waals surface area contributed by atoms with E-state index >= 15 is 0 Å².